The maximum atomic E-state index is 12.1. The molecule has 0 aliphatic heterocycles. The second-order valence-electron chi connectivity index (χ2n) is 3.84. The van der Waals surface area contributed by atoms with Gasteiger partial charge in [0.25, 0.3) is 0 Å². The van der Waals surface area contributed by atoms with Crippen LogP contribution in [-0.2, 0) is 21.3 Å². The fourth-order valence-corrected chi connectivity index (χ4v) is 3.07. The Morgan fingerprint density at radius 3 is 2.33 bits per heavy atom. The summed E-state index contributed by atoms with van der Waals surface area (Å²) in [7, 11) is -1.84. The summed E-state index contributed by atoms with van der Waals surface area (Å²) in [4.78, 5) is 0. The van der Waals surface area contributed by atoms with Gasteiger partial charge >= 0.3 is 0 Å². The Kier molecular flexibility index (Phi) is 5.58. The van der Waals surface area contributed by atoms with E-state index < -0.39 is 10.0 Å². The van der Waals surface area contributed by atoms with Crippen LogP contribution in [0.2, 0.25) is 0 Å². The second-order valence-corrected chi connectivity index (χ2v) is 5.86. The van der Waals surface area contributed by atoms with E-state index >= 15 is 0 Å². The first kappa shape index (κ1) is 14.9. The molecule has 0 unspecified atom stereocenters. The van der Waals surface area contributed by atoms with E-state index in [9.17, 15) is 8.42 Å². The standard InChI is InChI=1S/C12H20N2O3S/c1-3-14(18(15,16)9-8-17-2)12-6-4-11(10-13)5-7-12/h4-7H,3,8-10,13H2,1-2H3. The topological polar surface area (TPSA) is 72.6 Å². The molecule has 0 spiro atoms. The molecule has 2 N–H and O–H groups in total. The van der Waals surface area contributed by atoms with Crippen LogP contribution in [0.1, 0.15) is 12.5 Å². The van der Waals surface area contributed by atoms with Gasteiger partial charge in [0.05, 0.1) is 18.0 Å². The van der Waals surface area contributed by atoms with Crippen LogP contribution in [0.25, 0.3) is 0 Å². The lowest BCUT2D eigenvalue weighted by Crippen LogP contribution is -2.34. The second kappa shape index (κ2) is 6.72. The van der Waals surface area contributed by atoms with E-state index in [1.54, 1.807) is 19.1 Å². The lowest BCUT2D eigenvalue weighted by Gasteiger charge is -2.22. The van der Waals surface area contributed by atoms with Crippen molar-refractivity contribution in [2.75, 3.05) is 30.3 Å². The fourth-order valence-electron chi connectivity index (χ4n) is 1.64. The van der Waals surface area contributed by atoms with Gasteiger partial charge in [-0.05, 0) is 24.6 Å². The molecule has 0 saturated carbocycles. The molecule has 18 heavy (non-hydrogen) atoms. The third-order valence-electron chi connectivity index (χ3n) is 2.63. The van der Waals surface area contributed by atoms with Gasteiger partial charge in [-0.2, -0.15) is 0 Å². The van der Waals surface area contributed by atoms with Gasteiger partial charge in [-0.25, -0.2) is 8.42 Å². The van der Waals surface area contributed by atoms with Gasteiger partial charge in [0.1, 0.15) is 0 Å². The van der Waals surface area contributed by atoms with Crippen LogP contribution in [0.5, 0.6) is 0 Å². The quantitative estimate of drug-likeness (QED) is 0.802. The molecule has 1 aromatic carbocycles. The molecule has 0 saturated heterocycles. The van der Waals surface area contributed by atoms with Crippen LogP contribution in [-0.4, -0.2) is 34.4 Å². The number of hydrogen-bond acceptors (Lipinski definition) is 4. The van der Waals surface area contributed by atoms with E-state index in [4.69, 9.17) is 10.5 Å². The Morgan fingerprint density at radius 1 is 1.28 bits per heavy atom. The van der Waals surface area contributed by atoms with Crippen molar-refractivity contribution in [2.24, 2.45) is 5.73 Å². The normalized spacial score (nSPS) is 11.5. The summed E-state index contributed by atoms with van der Waals surface area (Å²) >= 11 is 0. The van der Waals surface area contributed by atoms with Gasteiger partial charge < -0.3 is 10.5 Å². The number of anilines is 1. The van der Waals surface area contributed by atoms with E-state index in [1.807, 2.05) is 12.1 Å². The number of nitrogens with zero attached hydrogens (tertiary/aromatic N) is 1. The highest BCUT2D eigenvalue weighted by atomic mass is 32.2. The molecule has 5 nitrogen and oxygen atoms in total. The van der Waals surface area contributed by atoms with Crippen LogP contribution in [0.15, 0.2) is 24.3 Å². The predicted octanol–water partition coefficient (Wildman–Crippen LogP) is 0.948. The van der Waals surface area contributed by atoms with Crippen LogP contribution in [0, 0.1) is 0 Å². The minimum atomic E-state index is -3.33. The van der Waals surface area contributed by atoms with Crippen molar-refractivity contribution in [2.45, 2.75) is 13.5 Å². The lowest BCUT2D eigenvalue weighted by atomic mass is 10.2. The SMILES string of the molecule is CCN(c1ccc(CN)cc1)S(=O)(=O)CCOC. The van der Waals surface area contributed by atoms with Crippen LogP contribution in [0.3, 0.4) is 0 Å². The highest BCUT2D eigenvalue weighted by molar-refractivity contribution is 7.92. The molecule has 0 heterocycles. The number of nitrogens with two attached hydrogens (primary N) is 1. The largest absolute Gasteiger partial charge is 0.384 e. The summed E-state index contributed by atoms with van der Waals surface area (Å²) in [5, 5.41) is 0. The highest BCUT2D eigenvalue weighted by Gasteiger charge is 2.20. The Hall–Kier alpha value is -1.11. The van der Waals surface area contributed by atoms with Gasteiger partial charge in [-0.3, -0.25) is 4.31 Å². The summed E-state index contributed by atoms with van der Waals surface area (Å²) in [5.74, 6) is -0.0179. The zero-order valence-corrected chi connectivity index (χ0v) is 11.6. The first-order valence-electron chi connectivity index (χ1n) is 5.83. The molecular weight excluding hydrogens is 252 g/mol. The molecule has 0 aliphatic carbocycles. The number of ether oxygens (including phenoxy) is 1. The van der Waals surface area contributed by atoms with Gasteiger partial charge in [0.2, 0.25) is 10.0 Å². The summed E-state index contributed by atoms with van der Waals surface area (Å²) < 4.78 is 30.4. The number of methoxy groups -OCH3 is 1. The number of sulfonamides is 1. The molecule has 0 aliphatic rings. The smallest absolute Gasteiger partial charge is 0.237 e. The van der Waals surface area contributed by atoms with Crippen molar-refractivity contribution >= 4 is 15.7 Å². The molecule has 0 aromatic heterocycles. The van der Waals surface area contributed by atoms with Crippen LogP contribution < -0.4 is 10.0 Å². The van der Waals surface area contributed by atoms with Gasteiger partial charge in [0, 0.05) is 20.2 Å². The maximum Gasteiger partial charge on any atom is 0.237 e. The van der Waals surface area contributed by atoms with Crippen LogP contribution >= 0.6 is 0 Å². The molecular formula is C12H20N2O3S. The maximum absolute atomic E-state index is 12.1. The molecule has 0 atom stereocenters. The molecule has 102 valence electrons. The molecule has 0 bridgehead atoms. The van der Waals surface area contributed by atoms with E-state index in [1.165, 1.54) is 11.4 Å². The van der Waals surface area contributed by atoms with Gasteiger partial charge in [-0.15, -0.1) is 0 Å². The summed E-state index contributed by atoms with van der Waals surface area (Å²) in [6, 6.07) is 7.22. The third-order valence-corrected chi connectivity index (χ3v) is 4.45. The number of benzene rings is 1. The van der Waals surface area contributed by atoms with Crippen LogP contribution in [0.4, 0.5) is 5.69 Å². The van der Waals surface area contributed by atoms with Gasteiger partial charge in [0.15, 0.2) is 0 Å². The average Bonchev–Trinajstić information content (AvgIpc) is 2.38. The molecule has 1 rings (SSSR count). The Labute approximate surface area is 109 Å². The first-order chi connectivity index (χ1) is 8.55. The van der Waals surface area contributed by atoms with E-state index in [-0.39, 0.29) is 12.4 Å². The fraction of sp³-hybridized carbons (Fsp3) is 0.500. The summed E-state index contributed by atoms with van der Waals surface area (Å²) in [5.41, 5.74) is 7.15. The number of hydrogen-bond donors (Lipinski definition) is 1. The van der Waals surface area contributed by atoms with Gasteiger partial charge in [-0.1, -0.05) is 12.1 Å². The monoisotopic (exact) mass is 272 g/mol. The van der Waals surface area contributed by atoms with E-state index in [2.05, 4.69) is 0 Å². The summed E-state index contributed by atoms with van der Waals surface area (Å²) in [6.45, 7) is 2.85. The highest BCUT2D eigenvalue weighted by Crippen LogP contribution is 2.18. The lowest BCUT2D eigenvalue weighted by molar-refractivity contribution is 0.217. The van der Waals surface area contributed by atoms with E-state index in [0.29, 0.717) is 18.8 Å². The average molecular weight is 272 g/mol. The zero-order chi connectivity index (χ0) is 13.6. The Morgan fingerprint density at radius 2 is 1.89 bits per heavy atom. The van der Waals surface area contributed by atoms with Crippen molar-refractivity contribution in [3.63, 3.8) is 0 Å². The minimum Gasteiger partial charge on any atom is -0.384 e. The molecule has 0 amide bonds. The molecule has 0 radical (unpaired) electrons. The van der Waals surface area contributed by atoms with E-state index in [0.717, 1.165) is 5.56 Å². The van der Waals surface area contributed by atoms with Crippen molar-refractivity contribution in [3.05, 3.63) is 29.8 Å². The Bertz CT molecular complexity index is 457. The number of rotatable bonds is 7. The van der Waals surface area contributed by atoms with Crippen molar-refractivity contribution in [1.29, 1.82) is 0 Å². The zero-order valence-electron chi connectivity index (χ0n) is 10.8. The minimum absolute atomic E-state index is 0.0179. The Balaban J connectivity index is 2.94. The van der Waals surface area contributed by atoms with Crippen molar-refractivity contribution < 1.29 is 13.2 Å². The third kappa shape index (κ3) is 3.69. The molecule has 0 fully saturated rings. The molecule has 1 aromatic rings. The predicted molar refractivity (Wildman–Crippen MR) is 73.0 cm³/mol. The molecule has 6 heteroatoms. The first-order valence-corrected chi connectivity index (χ1v) is 7.44. The van der Waals surface area contributed by atoms with Crippen molar-refractivity contribution in [1.82, 2.24) is 0 Å². The summed E-state index contributed by atoms with van der Waals surface area (Å²) in [6.07, 6.45) is 0. The van der Waals surface area contributed by atoms with Crippen molar-refractivity contribution in [3.8, 4) is 0 Å².